The van der Waals surface area contributed by atoms with E-state index in [0.717, 1.165) is 12.2 Å². The van der Waals surface area contributed by atoms with E-state index in [2.05, 4.69) is 26.2 Å². The molecule has 1 aromatic rings. The number of nitrogens with two attached hydrogens (primary N) is 1. The topological polar surface area (TPSA) is 60.2 Å². The molecule has 0 aliphatic rings. The summed E-state index contributed by atoms with van der Waals surface area (Å²) >= 11 is 3.31. The monoisotopic (exact) mass is 245 g/mol. The molecule has 1 aromatic heterocycles. The zero-order valence-electron chi connectivity index (χ0n) is 7.60. The molecule has 5 heteroatoms. The van der Waals surface area contributed by atoms with E-state index in [1.54, 1.807) is 13.3 Å². The molecule has 0 aromatic carbocycles. The van der Waals surface area contributed by atoms with E-state index in [-0.39, 0.29) is 0 Å². The van der Waals surface area contributed by atoms with Gasteiger partial charge in [-0.3, -0.25) is 0 Å². The molecule has 72 valence electrons. The Morgan fingerprint density at radius 2 is 2.38 bits per heavy atom. The van der Waals surface area contributed by atoms with Crippen LogP contribution in [0.4, 0.5) is 11.4 Å². The molecule has 1 rings (SSSR count). The standard InChI is InChI=1S/C8H12BrN3O/c1-3-11-5-4-12-8(13-2)6(9)7(5)10/h4,11H,3H2,1-2H3,(H2,10,12). The first-order chi connectivity index (χ1) is 6.20. The Hall–Kier alpha value is -0.970. The van der Waals surface area contributed by atoms with Crippen molar-refractivity contribution in [1.82, 2.24) is 4.98 Å². The van der Waals surface area contributed by atoms with E-state index in [0.29, 0.717) is 16.0 Å². The number of nitrogens with zero attached hydrogens (tertiary/aromatic N) is 1. The van der Waals surface area contributed by atoms with E-state index < -0.39 is 0 Å². The Kier molecular flexibility index (Phi) is 3.36. The summed E-state index contributed by atoms with van der Waals surface area (Å²) in [6.07, 6.45) is 1.66. The second-order valence-electron chi connectivity index (χ2n) is 2.44. The van der Waals surface area contributed by atoms with Gasteiger partial charge < -0.3 is 15.8 Å². The Balaban J connectivity index is 3.07. The molecule has 0 atom stereocenters. The van der Waals surface area contributed by atoms with Gasteiger partial charge in [-0.15, -0.1) is 0 Å². The number of rotatable bonds is 3. The number of nitrogens with one attached hydrogen (secondary N) is 1. The fraction of sp³-hybridized carbons (Fsp3) is 0.375. The van der Waals surface area contributed by atoms with Crippen molar-refractivity contribution in [1.29, 1.82) is 0 Å². The van der Waals surface area contributed by atoms with Crippen molar-refractivity contribution in [3.63, 3.8) is 0 Å². The third kappa shape index (κ3) is 2.03. The zero-order chi connectivity index (χ0) is 9.84. The summed E-state index contributed by atoms with van der Waals surface area (Å²) in [5, 5.41) is 3.09. The van der Waals surface area contributed by atoms with Crippen molar-refractivity contribution >= 4 is 27.3 Å². The highest BCUT2D eigenvalue weighted by molar-refractivity contribution is 9.10. The fourth-order valence-corrected chi connectivity index (χ4v) is 1.43. The average molecular weight is 246 g/mol. The van der Waals surface area contributed by atoms with Crippen LogP contribution in [0.2, 0.25) is 0 Å². The molecule has 3 N–H and O–H groups in total. The molecular formula is C8H12BrN3O. The van der Waals surface area contributed by atoms with E-state index >= 15 is 0 Å². The first-order valence-electron chi connectivity index (χ1n) is 3.92. The average Bonchev–Trinajstić information content (AvgIpc) is 2.14. The van der Waals surface area contributed by atoms with Crippen LogP contribution in [-0.2, 0) is 0 Å². The lowest BCUT2D eigenvalue weighted by Gasteiger charge is -2.10. The maximum absolute atomic E-state index is 5.82. The van der Waals surface area contributed by atoms with E-state index in [1.165, 1.54) is 0 Å². The number of nitrogen functional groups attached to an aromatic ring is 1. The van der Waals surface area contributed by atoms with Gasteiger partial charge in [0.15, 0.2) is 0 Å². The second-order valence-corrected chi connectivity index (χ2v) is 3.23. The van der Waals surface area contributed by atoms with Crippen molar-refractivity contribution in [3.8, 4) is 5.88 Å². The van der Waals surface area contributed by atoms with Crippen LogP contribution in [0.3, 0.4) is 0 Å². The van der Waals surface area contributed by atoms with Crippen LogP contribution in [0.5, 0.6) is 5.88 Å². The molecule has 0 spiro atoms. The predicted octanol–water partition coefficient (Wildman–Crippen LogP) is 1.87. The van der Waals surface area contributed by atoms with Crippen molar-refractivity contribution in [2.75, 3.05) is 24.7 Å². The van der Waals surface area contributed by atoms with Gasteiger partial charge in [-0.1, -0.05) is 0 Å². The van der Waals surface area contributed by atoms with Gasteiger partial charge >= 0.3 is 0 Å². The smallest absolute Gasteiger partial charge is 0.229 e. The van der Waals surface area contributed by atoms with Crippen molar-refractivity contribution < 1.29 is 4.74 Å². The maximum Gasteiger partial charge on any atom is 0.229 e. The minimum absolute atomic E-state index is 0.499. The number of ether oxygens (including phenoxy) is 1. The van der Waals surface area contributed by atoms with Gasteiger partial charge in [0, 0.05) is 6.54 Å². The lowest BCUT2D eigenvalue weighted by molar-refractivity contribution is 0.395. The van der Waals surface area contributed by atoms with Crippen LogP contribution in [0, 0.1) is 0 Å². The quantitative estimate of drug-likeness (QED) is 0.854. The summed E-state index contributed by atoms with van der Waals surface area (Å²) in [5.41, 5.74) is 7.25. The molecule has 0 bridgehead atoms. The molecule has 0 aliphatic carbocycles. The van der Waals surface area contributed by atoms with E-state index in [9.17, 15) is 0 Å². The zero-order valence-corrected chi connectivity index (χ0v) is 9.18. The molecule has 13 heavy (non-hydrogen) atoms. The number of aromatic nitrogens is 1. The van der Waals surface area contributed by atoms with Crippen LogP contribution >= 0.6 is 15.9 Å². The lowest BCUT2D eigenvalue weighted by Crippen LogP contribution is -2.03. The molecule has 0 fully saturated rings. The van der Waals surface area contributed by atoms with Gasteiger partial charge in [0.1, 0.15) is 4.47 Å². The molecular weight excluding hydrogens is 234 g/mol. The second kappa shape index (κ2) is 4.32. The van der Waals surface area contributed by atoms with Gasteiger partial charge in [-0.25, -0.2) is 4.98 Å². The Labute approximate surface area is 85.6 Å². The third-order valence-corrected chi connectivity index (χ3v) is 2.35. The summed E-state index contributed by atoms with van der Waals surface area (Å²) in [6.45, 7) is 2.81. The SMILES string of the molecule is CCNc1cnc(OC)c(Br)c1N. The lowest BCUT2D eigenvalue weighted by atomic mass is 10.3. The Bertz CT molecular complexity index is 304. The summed E-state index contributed by atoms with van der Waals surface area (Å²) < 4.78 is 5.68. The first kappa shape index (κ1) is 10.1. The summed E-state index contributed by atoms with van der Waals surface area (Å²) in [7, 11) is 1.56. The van der Waals surface area contributed by atoms with Gasteiger partial charge in [-0.05, 0) is 22.9 Å². The van der Waals surface area contributed by atoms with Crippen LogP contribution in [0.1, 0.15) is 6.92 Å². The normalized spacial score (nSPS) is 9.77. The van der Waals surface area contributed by atoms with Crippen molar-refractivity contribution in [2.45, 2.75) is 6.92 Å². The van der Waals surface area contributed by atoms with Gasteiger partial charge in [0.25, 0.3) is 0 Å². The molecule has 0 aliphatic heterocycles. The van der Waals surface area contributed by atoms with Gasteiger partial charge in [0.2, 0.25) is 5.88 Å². The number of hydrogen-bond donors (Lipinski definition) is 2. The highest BCUT2D eigenvalue weighted by Crippen LogP contribution is 2.33. The fourth-order valence-electron chi connectivity index (χ4n) is 0.956. The summed E-state index contributed by atoms with van der Waals surface area (Å²) in [6, 6.07) is 0. The Morgan fingerprint density at radius 3 is 2.92 bits per heavy atom. The minimum Gasteiger partial charge on any atom is -0.480 e. The molecule has 0 radical (unpaired) electrons. The molecule has 4 nitrogen and oxygen atoms in total. The van der Waals surface area contributed by atoms with E-state index in [1.807, 2.05) is 6.92 Å². The van der Waals surface area contributed by atoms with Crippen LogP contribution < -0.4 is 15.8 Å². The number of hydrogen-bond acceptors (Lipinski definition) is 4. The first-order valence-corrected chi connectivity index (χ1v) is 4.71. The highest BCUT2D eigenvalue weighted by Gasteiger charge is 2.09. The predicted molar refractivity (Wildman–Crippen MR) is 57.1 cm³/mol. The molecule has 0 unspecified atom stereocenters. The van der Waals surface area contributed by atoms with Crippen LogP contribution in [0.25, 0.3) is 0 Å². The molecule has 0 amide bonds. The number of pyridine rings is 1. The number of halogens is 1. The van der Waals surface area contributed by atoms with Crippen molar-refractivity contribution in [3.05, 3.63) is 10.7 Å². The van der Waals surface area contributed by atoms with Crippen LogP contribution in [0.15, 0.2) is 10.7 Å². The van der Waals surface area contributed by atoms with Crippen molar-refractivity contribution in [2.24, 2.45) is 0 Å². The minimum atomic E-state index is 0.499. The summed E-state index contributed by atoms with van der Waals surface area (Å²) in [4.78, 5) is 4.06. The number of methoxy groups -OCH3 is 1. The molecule has 0 saturated heterocycles. The largest absolute Gasteiger partial charge is 0.480 e. The van der Waals surface area contributed by atoms with Gasteiger partial charge in [0.05, 0.1) is 24.7 Å². The highest BCUT2D eigenvalue weighted by atomic mass is 79.9. The Morgan fingerprint density at radius 1 is 1.69 bits per heavy atom. The number of anilines is 2. The molecule has 0 saturated carbocycles. The summed E-state index contributed by atoms with van der Waals surface area (Å²) in [5.74, 6) is 0.499. The van der Waals surface area contributed by atoms with Gasteiger partial charge in [-0.2, -0.15) is 0 Å². The maximum atomic E-state index is 5.82. The van der Waals surface area contributed by atoms with Crippen LogP contribution in [-0.4, -0.2) is 18.6 Å². The molecule has 1 heterocycles. The third-order valence-electron chi connectivity index (χ3n) is 1.59. The van der Waals surface area contributed by atoms with E-state index in [4.69, 9.17) is 10.5 Å².